The molecule has 6 heteroatoms. The molecule has 0 N–H and O–H groups in total. The molecule has 1 fully saturated rings. The number of aryl methyl sites for hydroxylation is 1. The number of anilines is 1. The van der Waals surface area contributed by atoms with Crippen molar-refractivity contribution in [3.05, 3.63) is 48.5 Å². The number of hydrogen-bond acceptors (Lipinski definition) is 5. The monoisotopic (exact) mass is 309 g/mol. The fraction of sp³-hybridized carbons (Fsp3) is 0.353. The van der Waals surface area contributed by atoms with E-state index in [9.17, 15) is 0 Å². The Morgan fingerprint density at radius 3 is 3.00 bits per heavy atom. The van der Waals surface area contributed by atoms with Crippen LogP contribution in [0.4, 0.5) is 5.82 Å². The highest BCUT2D eigenvalue weighted by atomic mass is 16.5. The average molecular weight is 309 g/mol. The van der Waals surface area contributed by atoms with E-state index in [1.54, 1.807) is 6.33 Å². The van der Waals surface area contributed by atoms with Crippen molar-refractivity contribution in [3.8, 4) is 5.75 Å². The fourth-order valence-electron chi connectivity index (χ4n) is 3.13. The Bertz CT molecular complexity index is 801. The first kappa shape index (κ1) is 14.0. The lowest BCUT2D eigenvalue weighted by Crippen LogP contribution is -2.35. The molecule has 3 heterocycles. The first-order valence-electron chi connectivity index (χ1n) is 7.93. The molecule has 4 rings (SSSR count). The minimum Gasteiger partial charge on any atom is -0.491 e. The largest absolute Gasteiger partial charge is 0.491 e. The van der Waals surface area contributed by atoms with Gasteiger partial charge in [0, 0.05) is 12.6 Å². The molecule has 23 heavy (non-hydrogen) atoms. The van der Waals surface area contributed by atoms with Gasteiger partial charge in [0.15, 0.2) is 5.65 Å². The van der Waals surface area contributed by atoms with Crippen LogP contribution in [-0.4, -0.2) is 38.8 Å². The Balaban J connectivity index is 1.54. The fourth-order valence-corrected chi connectivity index (χ4v) is 3.13. The number of nitrogens with zero attached hydrogens (tertiary/aromatic N) is 5. The summed E-state index contributed by atoms with van der Waals surface area (Å²) in [5.74, 6) is 2.77. The van der Waals surface area contributed by atoms with Gasteiger partial charge in [0.1, 0.15) is 30.3 Å². The van der Waals surface area contributed by atoms with E-state index in [-0.39, 0.29) is 0 Å². The van der Waals surface area contributed by atoms with Crippen molar-refractivity contribution >= 4 is 11.5 Å². The Morgan fingerprint density at radius 1 is 1.26 bits per heavy atom. The van der Waals surface area contributed by atoms with Crippen molar-refractivity contribution in [2.24, 2.45) is 0 Å². The molecule has 0 amide bonds. The van der Waals surface area contributed by atoms with E-state index in [1.165, 1.54) is 0 Å². The summed E-state index contributed by atoms with van der Waals surface area (Å²) >= 11 is 0. The summed E-state index contributed by atoms with van der Waals surface area (Å²) in [6.45, 7) is 3.65. The highest BCUT2D eigenvalue weighted by Gasteiger charge is 2.27. The number of para-hydroxylation sites is 1. The zero-order valence-corrected chi connectivity index (χ0v) is 13.1. The summed E-state index contributed by atoms with van der Waals surface area (Å²) in [5, 5.41) is 8.10. The molecule has 1 aromatic carbocycles. The summed E-state index contributed by atoms with van der Waals surface area (Å²) in [6.07, 6.45) is 3.97. The number of benzene rings is 1. The molecule has 2 aromatic heterocycles. The summed E-state index contributed by atoms with van der Waals surface area (Å²) in [7, 11) is 0. The van der Waals surface area contributed by atoms with Crippen LogP contribution in [0, 0.1) is 6.92 Å². The van der Waals surface area contributed by atoms with Crippen LogP contribution in [0.1, 0.15) is 18.7 Å². The topological polar surface area (TPSA) is 55.5 Å². The van der Waals surface area contributed by atoms with Gasteiger partial charge in [0.05, 0.1) is 6.04 Å². The van der Waals surface area contributed by atoms with E-state index in [4.69, 9.17) is 9.72 Å². The van der Waals surface area contributed by atoms with E-state index in [1.807, 2.05) is 47.7 Å². The van der Waals surface area contributed by atoms with Crippen LogP contribution in [0.5, 0.6) is 5.75 Å². The molecule has 118 valence electrons. The van der Waals surface area contributed by atoms with Crippen molar-refractivity contribution in [2.45, 2.75) is 25.8 Å². The maximum Gasteiger partial charge on any atom is 0.165 e. The van der Waals surface area contributed by atoms with Crippen molar-refractivity contribution in [2.75, 3.05) is 18.1 Å². The Kier molecular flexibility index (Phi) is 3.57. The summed E-state index contributed by atoms with van der Waals surface area (Å²) in [6, 6.07) is 12.3. The second kappa shape index (κ2) is 5.87. The third-order valence-corrected chi connectivity index (χ3v) is 4.31. The predicted molar refractivity (Wildman–Crippen MR) is 87.8 cm³/mol. The first-order chi connectivity index (χ1) is 11.3. The average Bonchev–Trinajstić information content (AvgIpc) is 3.23. The third kappa shape index (κ3) is 2.72. The van der Waals surface area contributed by atoms with Crippen LogP contribution in [0.2, 0.25) is 0 Å². The highest BCUT2D eigenvalue weighted by molar-refractivity contribution is 5.52. The molecule has 3 aromatic rings. The minimum atomic E-state index is 0.340. The molecule has 0 radical (unpaired) electrons. The lowest BCUT2D eigenvalue weighted by atomic mass is 10.2. The van der Waals surface area contributed by atoms with Gasteiger partial charge in [0.25, 0.3) is 0 Å². The smallest absolute Gasteiger partial charge is 0.165 e. The second-order valence-corrected chi connectivity index (χ2v) is 5.83. The third-order valence-electron chi connectivity index (χ3n) is 4.31. The molecule has 6 nitrogen and oxygen atoms in total. The minimum absolute atomic E-state index is 0.340. The number of hydrogen-bond donors (Lipinski definition) is 0. The van der Waals surface area contributed by atoms with Crippen molar-refractivity contribution < 1.29 is 4.74 Å². The van der Waals surface area contributed by atoms with E-state index >= 15 is 0 Å². The quantitative estimate of drug-likeness (QED) is 0.741. The SMILES string of the molecule is Cc1nc(N2CCC[C@@H]2COc2ccccc2)cc2nncn12. The number of aromatic nitrogens is 4. The first-order valence-corrected chi connectivity index (χ1v) is 7.93. The highest BCUT2D eigenvalue weighted by Crippen LogP contribution is 2.25. The van der Waals surface area contributed by atoms with E-state index in [0.717, 1.165) is 42.4 Å². The van der Waals surface area contributed by atoms with Crippen LogP contribution in [0.3, 0.4) is 0 Å². The predicted octanol–water partition coefficient (Wildman–Crippen LogP) is 2.48. The molecule has 1 aliphatic rings. The van der Waals surface area contributed by atoms with Gasteiger partial charge in [-0.1, -0.05) is 18.2 Å². The Hall–Kier alpha value is -2.63. The molecular formula is C17H19N5O. The molecule has 1 aliphatic heterocycles. The van der Waals surface area contributed by atoms with Gasteiger partial charge in [0.2, 0.25) is 0 Å². The summed E-state index contributed by atoms with van der Waals surface area (Å²) in [4.78, 5) is 7.04. The zero-order valence-electron chi connectivity index (χ0n) is 13.1. The van der Waals surface area contributed by atoms with E-state index in [2.05, 4.69) is 15.1 Å². The number of fused-ring (bicyclic) bond motifs is 1. The van der Waals surface area contributed by atoms with Gasteiger partial charge in [-0.2, -0.15) is 0 Å². The van der Waals surface area contributed by atoms with Crippen LogP contribution in [-0.2, 0) is 0 Å². The molecule has 0 aliphatic carbocycles. The maximum absolute atomic E-state index is 5.94. The van der Waals surface area contributed by atoms with Gasteiger partial charge >= 0.3 is 0 Å². The van der Waals surface area contributed by atoms with Crippen molar-refractivity contribution in [3.63, 3.8) is 0 Å². The Morgan fingerprint density at radius 2 is 2.13 bits per heavy atom. The number of rotatable bonds is 4. The van der Waals surface area contributed by atoms with Crippen LogP contribution >= 0.6 is 0 Å². The number of ether oxygens (including phenoxy) is 1. The molecule has 0 bridgehead atoms. The van der Waals surface area contributed by atoms with E-state index in [0.29, 0.717) is 12.6 Å². The molecule has 0 saturated carbocycles. The van der Waals surface area contributed by atoms with Gasteiger partial charge in [-0.15, -0.1) is 10.2 Å². The van der Waals surface area contributed by atoms with Gasteiger partial charge in [-0.3, -0.25) is 4.40 Å². The normalized spacial score (nSPS) is 17.8. The molecule has 0 spiro atoms. The van der Waals surface area contributed by atoms with E-state index < -0.39 is 0 Å². The second-order valence-electron chi connectivity index (χ2n) is 5.83. The van der Waals surface area contributed by atoms with Crippen LogP contribution in [0.25, 0.3) is 5.65 Å². The molecule has 1 saturated heterocycles. The molecule has 0 unspecified atom stereocenters. The zero-order chi connectivity index (χ0) is 15.6. The van der Waals surface area contributed by atoms with Gasteiger partial charge in [-0.05, 0) is 31.9 Å². The van der Waals surface area contributed by atoms with Crippen molar-refractivity contribution in [1.82, 2.24) is 19.6 Å². The van der Waals surface area contributed by atoms with Gasteiger partial charge in [-0.25, -0.2) is 4.98 Å². The van der Waals surface area contributed by atoms with Crippen LogP contribution < -0.4 is 9.64 Å². The molecular weight excluding hydrogens is 290 g/mol. The summed E-state index contributed by atoms with van der Waals surface area (Å²) in [5.41, 5.74) is 0.835. The summed E-state index contributed by atoms with van der Waals surface area (Å²) < 4.78 is 7.84. The van der Waals surface area contributed by atoms with Gasteiger partial charge < -0.3 is 9.64 Å². The maximum atomic E-state index is 5.94. The van der Waals surface area contributed by atoms with Crippen molar-refractivity contribution in [1.29, 1.82) is 0 Å². The lowest BCUT2D eigenvalue weighted by molar-refractivity contribution is 0.288. The standard InChI is InChI=1S/C17H19N5O/c1-13-19-16(10-17-20-18-12-22(13)17)21-9-5-6-14(21)11-23-15-7-3-2-4-8-15/h2-4,7-8,10,12,14H,5-6,9,11H2,1H3/t14-/m1/s1. The molecule has 1 atom stereocenters. The van der Waals surface area contributed by atoms with Crippen LogP contribution in [0.15, 0.2) is 42.7 Å². The lowest BCUT2D eigenvalue weighted by Gasteiger charge is -2.26. The Labute approximate surface area is 134 Å².